The first-order valence-electron chi connectivity index (χ1n) is 7.35. The minimum absolute atomic E-state index is 0.246. The van der Waals surface area contributed by atoms with Crippen LogP contribution in [0.2, 0.25) is 0 Å². The highest BCUT2D eigenvalue weighted by Gasteiger charge is 2.40. The van der Waals surface area contributed by atoms with Gasteiger partial charge in [-0.05, 0) is 60.9 Å². The molecule has 21 heavy (non-hydrogen) atoms. The lowest BCUT2D eigenvalue weighted by molar-refractivity contribution is -0.134. The number of hydrogen-bond acceptors (Lipinski definition) is 3. The molecule has 0 saturated carbocycles. The molecule has 3 atom stereocenters. The first kappa shape index (κ1) is 14.3. The van der Waals surface area contributed by atoms with Gasteiger partial charge in [0.2, 0.25) is 0 Å². The van der Waals surface area contributed by atoms with Crippen LogP contribution in [0.1, 0.15) is 30.4 Å². The Hall–Kier alpha value is -1.68. The van der Waals surface area contributed by atoms with Gasteiger partial charge in [0.05, 0.1) is 19.3 Å². The summed E-state index contributed by atoms with van der Waals surface area (Å²) in [7, 11) is 1.34. The van der Waals surface area contributed by atoms with Crippen LogP contribution in [0.25, 0.3) is 6.08 Å². The van der Waals surface area contributed by atoms with Crippen LogP contribution in [0.4, 0.5) is 4.39 Å². The summed E-state index contributed by atoms with van der Waals surface area (Å²) in [6, 6.07) is 4.68. The summed E-state index contributed by atoms with van der Waals surface area (Å²) in [6.45, 7) is 0. The molecule has 2 aliphatic rings. The van der Waals surface area contributed by atoms with Gasteiger partial charge in [-0.1, -0.05) is 6.07 Å². The number of esters is 1. The molecule has 2 saturated heterocycles. The number of methoxy groups -OCH3 is 1. The van der Waals surface area contributed by atoms with Crippen molar-refractivity contribution in [3.8, 4) is 0 Å². The Balaban J connectivity index is 1.78. The Labute approximate surface area is 123 Å². The lowest BCUT2D eigenvalue weighted by Crippen LogP contribution is -2.19. The fourth-order valence-corrected chi connectivity index (χ4v) is 3.38. The maximum Gasteiger partial charge on any atom is 0.330 e. The van der Waals surface area contributed by atoms with Gasteiger partial charge in [-0.2, -0.15) is 0 Å². The van der Waals surface area contributed by atoms with Crippen LogP contribution in [0.3, 0.4) is 0 Å². The number of carbonyl (C=O) groups is 1. The maximum atomic E-state index is 13.5. The number of benzene rings is 1. The molecule has 3 nitrogen and oxygen atoms in total. The third kappa shape index (κ3) is 3.16. The molecule has 112 valence electrons. The Morgan fingerprint density at radius 2 is 2.33 bits per heavy atom. The molecule has 0 aromatic heterocycles. The first-order valence-corrected chi connectivity index (χ1v) is 7.35. The predicted molar refractivity (Wildman–Crippen MR) is 77.2 cm³/mol. The van der Waals surface area contributed by atoms with Crippen LogP contribution in [-0.2, 0) is 20.7 Å². The number of carbonyl (C=O) groups excluding carboxylic acids is 1. The average Bonchev–Trinajstić information content (AvgIpc) is 3.08. The van der Waals surface area contributed by atoms with Crippen LogP contribution >= 0.6 is 0 Å². The summed E-state index contributed by atoms with van der Waals surface area (Å²) in [5.74, 6) is -0.200. The monoisotopic (exact) mass is 290 g/mol. The highest BCUT2D eigenvalue weighted by atomic mass is 19.1. The van der Waals surface area contributed by atoms with E-state index >= 15 is 0 Å². The second-order valence-electron chi connectivity index (χ2n) is 5.77. The summed E-state index contributed by atoms with van der Waals surface area (Å²) >= 11 is 0. The van der Waals surface area contributed by atoms with E-state index in [0.717, 1.165) is 36.8 Å². The summed E-state index contributed by atoms with van der Waals surface area (Å²) in [5.41, 5.74) is 1.79. The van der Waals surface area contributed by atoms with Gasteiger partial charge in [0, 0.05) is 6.08 Å². The minimum Gasteiger partial charge on any atom is -0.466 e. The summed E-state index contributed by atoms with van der Waals surface area (Å²) in [4.78, 5) is 11.2. The second kappa shape index (κ2) is 5.98. The summed E-state index contributed by atoms with van der Waals surface area (Å²) in [5, 5.41) is 0. The molecule has 2 heterocycles. The second-order valence-corrected chi connectivity index (χ2v) is 5.77. The van der Waals surface area contributed by atoms with E-state index in [4.69, 9.17) is 4.74 Å². The van der Waals surface area contributed by atoms with E-state index in [1.807, 2.05) is 0 Å². The van der Waals surface area contributed by atoms with Crippen molar-refractivity contribution in [1.29, 1.82) is 0 Å². The SMILES string of the molecule is COC(=O)C=Cc1ccc(F)cc1CC1C[C@H]2CCC1O2. The van der Waals surface area contributed by atoms with Crippen molar-refractivity contribution in [2.75, 3.05) is 7.11 Å². The van der Waals surface area contributed by atoms with Gasteiger partial charge in [-0.15, -0.1) is 0 Å². The predicted octanol–water partition coefficient (Wildman–Crippen LogP) is 3.12. The minimum atomic E-state index is -0.409. The van der Waals surface area contributed by atoms with Crippen LogP contribution in [0.15, 0.2) is 24.3 Å². The van der Waals surface area contributed by atoms with Gasteiger partial charge < -0.3 is 9.47 Å². The molecule has 0 amide bonds. The molecule has 0 aliphatic carbocycles. The van der Waals surface area contributed by atoms with E-state index in [0.29, 0.717) is 18.1 Å². The molecule has 2 unspecified atom stereocenters. The van der Waals surface area contributed by atoms with E-state index in [2.05, 4.69) is 4.74 Å². The zero-order valence-electron chi connectivity index (χ0n) is 12.0. The molecular formula is C17H19FO3. The molecule has 0 N–H and O–H groups in total. The third-order valence-corrected chi connectivity index (χ3v) is 4.42. The van der Waals surface area contributed by atoms with Gasteiger partial charge in [0.1, 0.15) is 5.82 Å². The molecule has 2 aliphatic heterocycles. The zero-order chi connectivity index (χ0) is 14.8. The quantitative estimate of drug-likeness (QED) is 0.631. The van der Waals surface area contributed by atoms with Crippen LogP contribution < -0.4 is 0 Å². The van der Waals surface area contributed by atoms with Crippen LogP contribution in [0.5, 0.6) is 0 Å². The smallest absolute Gasteiger partial charge is 0.330 e. The topological polar surface area (TPSA) is 35.5 Å². The number of hydrogen-bond donors (Lipinski definition) is 0. The van der Waals surface area contributed by atoms with Gasteiger partial charge in [-0.3, -0.25) is 0 Å². The Morgan fingerprint density at radius 1 is 1.48 bits per heavy atom. The molecule has 2 fully saturated rings. The van der Waals surface area contributed by atoms with E-state index in [-0.39, 0.29) is 5.82 Å². The largest absolute Gasteiger partial charge is 0.466 e. The van der Waals surface area contributed by atoms with Crippen molar-refractivity contribution in [2.45, 2.75) is 37.9 Å². The van der Waals surface area contributed by atoms with E-state index in [9.17, 15) is 9.18 Å². The highest BCUT2D eigenvalue weighted by molar-refractivity contribution is 5.87. The molecule has 0 radical (unpaired) electrons. The Bertz CT molecular complexity index is 567. The maximum absolute atomic E-state index is 13.5. The van der Waals surface area contributed by atoms with Crippen LogP contribution in [-0.4, -0.2) is 25.3 Å². The Morgan fingerprint density at radius 3 is 3.00 bits per heavy atom. The number of rotatable bonds is 4. The molecule has 2 bridgehead atoms. The Kier molecular flexibility index (Phi) is 4.06. The van der Waals surface area contributed by atoms with Crippen molar-refractivity contribution in [3.63, 3.8) is 0 Å². The molecule has 1 aromatic rings. The third-order valence-electron chi connectivity index (χ3n) is 4.42. The molecule has 3 rings (SSSR count). The first-order chi connectivity index (χ1) is 10.2. The fraction of sp³-hybridized carbons (Fsp3) is 0.471. The van der Waals surface area contributed by atoms with Gasteiger partial charge in [-0.25, -0.2) is 9.18 Å². The number of halogens is 1. The van der Waals surface area contributed by atoms with Crippen molar-refractivity contribution in [1.82, 2.24) is 0 Å². The average molecular weight is 290 g/mol. The summed E-state index contributed by atoms with van der Waals surface area (Å²) < 4.78 is 24.0. The lowest BCUT2D eigenvalue weighted by atomic mass is 9.83. The van der Waals surface area contributed by atoms with Gasteiger partial charge >= 0.3 is 5.97 Å². The zero-order valence-corrected chi connectivity index (χ0v) is 12.0. The normalized spacial score (nSPS) is 27.4. The highest BCUT2D eigenvalue weighted by Crippen LogP contribution is 2.40. The van der Waals surface area contributed by atoms with Gasteiger partial charge in [0.15, 0.2) is 0 Å². The molecule has 0 spiro atoms. The van der Waals surface area contributed by atoms with Crippen molar-refractivity contribution < 1.29 is 18.7 Å². The number of fused-ring (bicyclic) bond motifs is 2. The van der Waals surface area contributed by atoms with Crippen molar-refractivity contribution in [3.05, 3.63) is 41.2 Å². The molecule has 1 aromatic carbocycles. The van der Waals surface area contributed by atoms with Crippen LogP contribution in [0, 0.1) is 11.7 Å². The molecular weight excluding hydrogens is 271 g/mol. The van der Waals surface area contributed by atoms with Gasteiger partial charge in [0.25, 0.3) is 0 Å². The lowest BCUT2D eigenvalue weighted by Gasteiger charge is -2.19. The molecule has 4 heteroatoms. The van der Waals surface area contributed by atoms with Crippen molar-refractivity contribution in [2.24, 2.45) is 5.92 Å². The van der Waals surface area contributed by atoms with Crippen molar-refractivity contribution >= 4 is 12.0 Å². The fourth-order valence-electron chi connectivity index (χ4n) is 3.38. The number of ether oxygens (including phenoxy) is 2. The standard InChI is InChI=1S/C17H19FO3/c1-20-17(19)7-3-11-2-4-14(18)9-12(11)8-13-10-15-5-6-16(13)21-15/h2-4,7,9,13,15-16H,5-6,8,10H2,1H3/t13?,15-,16?/m1/s1. The van der Waals surface area contributed by atoms with E-state index in [1.165, 1.54) is 19.3 Å². The van der Waals surface area contributed by atoms with E-state index < -0.39 is 5.97 Å². The summed E-state index contributed by atoms with van der Waals surface area (Å²) in [6.07, 6.45) is 7.87. The van der Waals surface area contributed by atoms with E-state index in [1.54, 1.807) is 18.2 Å².